The van der Waals surface area contributed by atoms with E-state index in [-0.39, 0.29) is 0 Å². The van der Waals surface area contributed by atoms with Gasteiger partial charge in [-0.25, -0.2) is 10.2 Å². The monoisotopic (exact) mass is 199 g/mol. The minimum atomic E-state index is -0.604. The molecule has 1 atom stereocenters. The van der Waals surface area contributed by atoms with Gasteiger partial charge in [-0.05, 0) is 18.3 Å². The predicted molar refractivity (Wildman–Crippen MR) is 59.1 cm³/mol. The highest BCUT2D eigenvalue weighted by Crippen LogP contribution is 2.12. The first kappa shape index (κ1) is 12.9. The number of urea groups is 1. The number of carbonyl (C=O) groups is 1. The van der Waals surface area contributed by atoms with Gasteiger partial charge in [-0.3, -0.25) is 0 Å². The minimum absolute atomic E-state index is 0.343. The Hall–Kier alpha value is -1.06. The average Bonchev–Trinajstić information content (AvgIpc) is 2.10. The van der Waals surface area contributed by atoms with Gasteiger partial charge in [-0.15, -0.1) is 0 Å². The molecule has 0 fully saturated rings. The van der Waals surface area contributed by atoms with E-state index >= 15 is 0 Å². The molecule has 0 aliphatic rings. The van der Waals surface area contributed by atoms with Gasteiger partial charge in [0.25, 0.3) is 0 Å². The molecular formula is C10H21N3O. The highest BCUT2D eigenvalue weighted by atomic mass is 16.2. The zero-order valence-corrected chi connectivity index (χ0v) is 9.50. The molecule has 0 heterocycles. The number of nitrogens with zero attached hydrogens (tertiary/aromatic N) is 1. The van der Waals surface area contributed by atoms with Crippen molar-refractivity contribution in [2.24, 2.45) is 22.7 Å². The number of carbonyl (C=O) groups excluding carboxylic acids is 1. The molecule has 0 unspecified atom stereocenters. The molecule has 4 heteroatoms. The van der Waals surface area contributed by atoms with Crippen molar-refractivity contribution in [3.63, 3.8) is 0 Å². The maximum atomic E-state index is 10.5. The zero-order valence-electron chi connectivity index (χ0n) is 9.50. The molecule has 0 aromatic rings. The molecule has 0 bridgehead atoms. The number of amides is 2. The van der Waals surface area contributed by atoms with Crippen LogP contribution >= 0.6 is 0 Å². The van der Waals surface area contributed by atoms with Crippen molar-refractivity contribution < 1.29 is 4.79 Å². The van der Waals surface area contributed by atoms with Crippen molar-refractivity contribution in [2.75, 3.05) is 0 Å². The molecule has 0 aromatic carbocycles. The summed E-state index contributed by atoms with van der Waals surface area (Å²) in [5.74, 6) is 0.932. The SMILES string of the molecule is CC[C@H](C)C/C(=N\NC(N)=O)C(C)C. The maximum absolute atomic E-state index is 10.5. The molecule has 82 valence electrons. The van der Waals surface area contributed by atoms with Crippen molar-refractivity contribution in [1.82, 2.24) is 5.43 Å². The molecule has 0 aliphatic heterocycles. The average molecular weight is 199 g/mol. The first-order chi connectivity index (χ1) is 6.47. The van der Waals surface area contributed by atoms with E-state index in [1.165, 1.54) is 0 Å². The minimum Gasteiger partial charge on any atom is -0.350 e. The van der Waals surface area contributed by atoms with Gasteiger partial charge in [0.15, 0.2) is 0 Å². The highest BCUT2D eigenvalue weighted by Gasteiger charge is 2.09. The predicted octanol–water partition coefficient (Wildman–Crippen LogP) is 2.10. The fraction of sp³-hybridized carbons (Fsp3) is 0.800. The standard InChI is InChI=1S/C10H21N3O/c1-5-8(4)6-9(7(2)3)12-13-10(11)14/h7-8H,5-6H2,1-4H3,(H3,11,13,14)/b12-9+/t8-/m0/s1. The van der Waals surface area contributed by atoms with E-state index in [2.05, 4.69) is 38.2 Å². The lowest BCUT2D eigenvalue weighted by atomic mass is 9.95. The van der Waals surface area contributed by atoms with Gasteiger partial charge >= 0.3 is 6.03 Å². The van der Waals surface area contributed by atoms with E-state index in [1.54, 1.807) is 0 Å². The summed E-state index contributed by atoms with van der Waals surface area (Å²) in [6.07, 6.45) is 2.02. The van der Waals surface area contributed by atoms with Gasteiger partial charge in [-0.1, -0.05) is 34.1 Å². The van der Waals surface area contributed by atoms with Gasteiger partial charge in [0.05, 0.1) is 0 Å². The van der Waals surface area contributed by atoms with Crippen LogP contribution in [0.2, 0.25) is 0 Å². The van der Waals surface area contributed by atoms with E-state index in [0.717, 1.165) is 18.6 Å². The number of nitrogens with two attached hydrogens (primary N) is 1. The number of hydrogen-bond donors (Lipinski definition) is 2. The molecule has 3 N–H and O–H groups in total. The summed E-state index contributed by atoms with van der Waals surface area (Å²) in [5, 5.41) is 4.00. The summed E-state index contributed by atoms with van der Waals surface area (Å²) in [5.41, 5.74) is 8.23. The van der Waals surface area contributed by atoms with Crippen LogP contribution in [-0.2, 0) is 0 Å². The first-order valence-corrected chi connectivity index (χ1v) is 5.09. The van der Waals surface area contributed by atoms with E-state index in [4.69, 9.17) is 5.73 Å². The molecule has 0 aliphatic carbocycles. The Balaban J connectivity index is 4.28. The van der Waals surface area contributed by atoms with Crippen LogP contribution in [0.25, 0.3) is 0 Å². The second-order valence-electron chi connectivity index (χ2n) is 3.95. The highest BCUT2D eigenvalue weighted by molar-refractivity contribution is 5.87. The van der Waals surface area contributed by atoms with Crippen molar-refractivity contribution >= 4 is 11.7 Å². The second-order valence-corrected chi connectivity index (χ2v) is 3.95. The van der Waals surface area contributed by atoms with Crippen molar-refractivity contribution in [2.45, 2.75) is 40.5 Å². The van der Waals surface area contributed by atoms with Gasteiger partial charge in [-0.2, -0.15) is 5.10 Å². The van der Waals surface area contributed by atoms with Gasteiger partial charge < -0.3 is 5.73 Å². The normalized spacial score (nSPS) is 14.2. The number of rotatable bonds is 5. The second kappa shape index (κ2) is 6.40. The van der Waals surface area contributed by atoms with Crippen LogP contribution in [0.1, 0.15) is 40.5 Å². The molecule has 0 aromatic heterocycles. The molecule has 0 rings (SSSR count). The number of nitrogens with one attached hydrogen (secondary N) is 1. The van der Waals surface area contributed by atoms with E-state index in [0.29, 0.717) is 11.8 Å². The molecule has 2 amide bonds. The van der Waals surface area contributed by atoms with Crippen LogP contribution in [0.4, 0.5) is 4.79 Å². The quantitative estimate of drug-likeness (QED) is 0.516. The van der Waals surface area contributed by atoms with Crippen LogP contribution in [-0.4, -0.2) is 11.7 Å². The lowest BCUT2D eigenvalue weighted by Gasteiger charge is -2.13. The van der Waals surface area contributed by atoms with Crippen molar-refractivity contribution in [1.29, 1.82) is 0 Å². The molecule has 0 radical (unpaired) electrons. The maximum Gasteiger partial charge on any atom is 0.332 e. The van der Waals surface area contributed by atoms with E-state index in [9.17, 15) is 4.79 Å². The van der Waals surface area contributed by atoms with Crippen LogP contribution < -0.4 is 11.2 Å². The smallest absolute Gasteiger partial charge is 0.332 e. The third-order valence-corrected chi connectivity index (χ3v) is 2.23. The molecule has 4 nitrogen and oxygen atoms in total. The Morgan fingerprint density at radius 3 is 2.36 bits per heavy atom. The largest absolute Gasteiger partial charge is 0.350 e. The number of hydrazone groups is 1. The summed E-state index contributed by atoms with van der Waals surface area (Å²) < 4.78 is 0. The summed E-state index contributed by atoms with van der Waals surface area (Å²) in [4.78, 5) is 10.5. The van der Waals surface area contributed by atoms with Crippen molar-refractivity contribution in [3.8, 4) is 0 Å². The van der Waals surface area contributed by atoms with Gasteiger partial charge in [0, 0.05) is 5.71 Å². The number of hydrogen-bond acceptors (Lipinski definition) is 2. The van der Waals surface area contributed by atoms with Crippen molar-refractivity contribution in [3.05, 3.63) is 0 Å². The fourth-order valence-electron chi connectivity index (χ4n) is 1.04. The molecule has 0 spiro atoms. The summed E-state index contributed by atoms with van der Waals surface area (Å²) >= 11 is 0. The lowest BCUT2D eigenvalue weighted by molar-refractivity contribution is 0.249. The fourth-order valence-corrected chi connectivity index (χ4v) is 1.04. The summed E-state index contributed by atoms with van der Waals surface area (Å²) in [6, 6.07) is -0.604. The first-order valence-electron chi connectivity index (χ1n) is 5.09. The topological polar surface area (TPSA) is 67.5 Å². The molecular weight excluding hydrogens is 178 g/mol. The number of primary amides is 1. The van der Waals surface area contributed by atoms with Crippen LogP contribution in [0.3, 0.4) is 0 Å². The van der Waals surface area contributed by atoms with Crippen LogP contribution in [0.5, 0.6) is 0 Å². The molecule has 0 saturated heterocycles. The zero-order chi connectivity index (χ0) is 11.1. The molecule has 14 heavy (non-hydrogen) atoms. The third-order valence-electron chi connectivity index (χ3n) is 2.23. The van der Waals surface area contributed by atoms with Gasteiger partial charge in [0.2, 0.25) is 0 Å². The lowest BCUT2D eigenvalue weighted by Crippen LogP contribution is -2.27. The Labute approximate surface area is 85.9 Å². The van der Waals surface area contributed by atoms with Crippen LogP contribution in [0.15, 0.2) is 5.10 Å². The third kappa shape index (κ3) is 5.56. The van der Waals surface area contributed by atoms with Crippen LogP contribution in [0, 0.1) is 11.8 Å². The Morgan fingerprint density at radius 1 is 1.43 bits per heavy atom. The summed E-state index contributed by atoms with van der Waals surface area (Å²) in [7, 11) is 0. The Bertz CT molecular complexity index is 211. The summed E-state index contributed by atoms with van der Waals surface area (Å²) in [6.45, 7) is 8.43. The van der Waals surface area contributed by atoms with E-state index < -0.39 is 6.03 Å². The van der Waals surface area contributed by atoms with E-state index in [1.807, 2.05) is 0 Å². The Kier molecular flexibility index (Phi) is 5.92. The van der Waals surface area contributed by atoms with Gasteiger partial charge in [0.1, 0.15) is 0 Å². The molecule has 0 saturated carbocycles. The Morgan fingerprint density at radius 2 is 2.00 bits per heavy atom.